The number of carboxylic acid groups (broad SMARTS) is 1. The van der Waals surface area contributed by atoms with E-state index in [0.29, 0.717) is 74.8 Å². The predicted octanol–water partition coefficient (Wildman–Crippen LogP) is 5.62. The van der Waals surface area contributed by atoms with Crippen LogP contribution in [0.25, 0.3) is 10.4 Å². The summed E-state index contributed by atoms with van der Waals surface area (Å²) in [5.41, 5.74) is 5.31. The summed E-state index contributed by atoms with van der Waals surface area (Å²) in [4.78, 5) is 87.1. The first-order valence-corrected chi connectivity index (χ1v) is 25.2. The number of carboxylic acids is 1. The number of fused-ring (bicyclic) bond motifs is 1. The molecule has 4 atom stereocenters. The first-order valence-electron chi connectivity index (χ1n) is 21.7. The zero-order valence-electron chi connectivity index (χ0n) is 36.0. The number of carbonyl (C=O) groups excluding carboxylic acids is 6. The highest BCUT2D eigenvalue weighted by molar-refractivity contribution is 8.76. The number of carbonyl (C=O) groups is 7. The minimum absolute atomic E-state index is 0.000731. The first kappa shape index (κ1) is 54.7. The minimum Gasteiger partial charge on any atom is -0.481 e. The van der Waals surface area contributed by atoms with E-state index >= 15 is 0 Å². The van der Waals surface area contributed by atoms with Crippen LogP contribution < -0.4 is 37.2 Å². The Labute approximate surface area is 386 Å². The van der Waals surface area contributed by atoms with E-state index in [1.165, 1.54) is 21.6 Å². The lowest BCUT2D eigenvalue weighted by atomic mass is 10.0. The van der Waals surface area contributed by atoms with E-state index in [9.17, 15) is 51.1 Å². The molecular formula is C40H58F4N10O8S3. The molecule has 362 valence electrons. The zero-order valence-corrected chi connectivity index (χ0v) is 38.4. The van der Waals surface area contributed by atoms with Gasteiger partial charge in [0.05, 0.1) is 18.5 Å². The number of rotatable bonds is 33. The molecule has 65 heavy (non-hydrogen) atoms. The van der Waals surface area contributed by atoms with Crippen LogP contribution in [0.4, 0.5) is 28.0 Å². The Morgan fingerprint density at radius 2 is 1.31 bits per heavy atom. The molecule has 0 bridgehead atoms. The number of nitrogens with zero attached hydrogens (tertiary/aromatic N) is 3. The lowest BCUT2D eigenvalue weighted by Gasteiger charge is -2.19. The third kappa shape index (κ3) is 20.2. The molecule has 8 N–H and O–H groups in total. The van der Waals surface area contributed by atoms with Gasteiger partial charge in [0, 0.05) is 72.9 Å². The van der Waals surface area contributed by atoms with Gasteiger partial charge in [-0.2, -0.15) is 11.8 Å². The fraction of sp³-hybridized carbons (Fsp3) is 0.675. The molecule has 2 heterocycles. The van der Waals surface area contributed by atoms with Crippen LogP contribution in [0, 0.1) is 23.3 Å². The number of hydrogen-bond acceptors (Lipinski definition) is 11. The van der Waals surface area contributed by atoms with Crippen molar-refractivity contribution in [2.24, 2.45) is 5.11 Å². The molecule has 2 saturated heterocycles. The van der Waals surface area contributed by atoms with Crippen molar-refractivity contribution in [3.8, 4) is 0 Å². The smallest absolute Gasteiger partial charge is 0.315 e. The molecule has 7 amide bonds. The molecule has 0 radical (unpaired) electrons. The van der Waals surface area contributed by atoms with Crippen molar-refractivity contribution in [1.29, 1.82) is 0 Å². The highest BCUT2D eigenvalue weighted by Crippen LogP contribution is 2.33. The lowest BCUT2D eigenvalue weighted by molar-refractivity contribution is -0.136. The van der Waals surface area contributed by atoms with Gasteiger partial charge < -0.3 is 42.3 Å². The fourth-order valence-electron chi connectivity index (χ4n) is 6.92. The van der Waals surface area contributed by atoms with Crippen LogP contribution in [0.1, 0.15) is 113 Å². The number of nitrogens with one attached hydrogen (secondary N) is 7. The number of benzene rings is 1. The minimum atomic E-state index is -2.02. The average Bonchev–Trinajstić information content (AvgIpc) is 3.83. The molecule has 0 spiro atoms. The highest BCUT2D eigenvalue weighted by atomic mass is 33.1. The Bertz CT molecular complexity index is 1820. The second-order valence-electron chi connectivity index (χ2n) is 15.3. The first-order chi connectivity index (χ1) is 31.2. The van der Waals surface area contributed by atoms with Crippen molar-refractivity contribution in [2.75, 3.05) is 43.4 Å². The molecule has 0 unspecified atom stereocenters. The standard InChI is InChI=1S/C40H58F4N10O8S3/c41-32-31(33(42)35(44)37(34(32)43)53-54-45)39(61)48-19-9-2-4-15-29(57)50-24(38(60)49-20-22-65-64-21-16-30(58)59)11-7-10-18-47-27(55)13-3-1-8-17-46-28(56)14-6-5-12-26-36-25(23-63-26)51-40(62)52-36/h24-26,36H,1-23H2,(H,46,56)(H,47,55)(H,48,61)(H,49,60)(H,50,57)(H,58,59)(H2,51,52,62)/t24-,25-,26-,36-/m0/s1. The van der Waals surface area contributed by atoms with Crippen molar-refractivity contribution in [1.82, 2.24) is 37.2 Å². The number of aliphatic carboxylic acids is 1. The molecule has 2 fully saturated rings. The van der Waals surface area contributed by atoms with E-state index in [-0.39, 0.29) is 68.7 Å². The summed E-state index contributed by atoms with van der Waals surface area (Å²) in [7, 11) is 2.77. The normalized spacial score (nSPS) is 16.6. The Morgan fingerprint density at radius 1 is 0.723 bits per heavy atom. The van der Waals surface area contributed by atoms with Crippen LogP contribution in [-0.4, -0.2) is 113 Å². The maximum absolute atomic E-state index is 14.3. The number of azide groups is 1. The summed E-state index contributed by atoms with van der Waals surface area (Å²) in [5.74, 6) is -9.53. The number of hydrogen-bond donors (Lipinski definition) is 8. The monoisotopic (exact) mass is 978 g/mol. The molecule has 0 saturated carbocycles. The van der Waals surface area contributed by atoms with Crippen molar-refractivity contribution < 1.29 is 56.2 Å². The van der Waals surface area contributed by atoms with Gasteiger partial charge in [0.15, 0.2) is 23.3 Å². The molecule has 0 aromatic heterocycles. The van der Waals surface area contributed by atoms with Gasteiger partial charge in [-0.25, -0.2) is 22.4 Å². The number of amides is 7. The van der Waals surface area contributed by atoms with Crippen LogP contribution >= 0.6 is 33.3 Å². The van der Waals surface area contributed by atoms with E-state index in [1.54, 1.807) is 0 Å². The van der Waals surface area contributed by atoms with Gasteiger partial charge in [-0.3, -0.25) is 28.8 Å². The van der Waals surface area contributed by atoms with Crippen LogP contribution in [0.15, 0.2) is 5.11 Å². The Morgan fingerprint density at radius 3 is 1.94 bits per heavy atom. The van der Waals surface area contributed by atoms with Crippen molar-refractivity contribution in [2.45, 2.75) is 126 Å². The maximum Gasteiger partial charge on any atom is 0.315 e. The van der Waals surface area contributed by atoms with Crippen LogP contribution in [0.2, 0.25) is 0 Å². The van der Waals surface area contributed by atoms with E-state index in [0.717, 1.165) is 37.9 Å². The van der Waals surface area contributed by atoms with Crippen molar-refractivity contribution >= 4 is 80.6 Å². The fourth-order valence-corrected chi connectivity index (χ4v) is 10.3. The molecule has 2 aliphatic rings. The zero-order chi connectivity index (χ0) is 47.6. The molecule has 2 aliphatic heterocycles. The number of unbranched alkanes of at least 4 members (excludes halogenated alkanes) is 6. The van der Waals surface area contributed by atoms with Crippen LogP contribution in [-0.2, 0) is 24.0 Å². The maximum atomic E-state index is 14.3. The van der Waals surface area contributed by atoms with Gasteiger partial charge in [-0.05, 0) is 63.3 Å². The molecular weight excluding hydrogens is 921 g/mol. The molecule has 1 aromatic rings. The van der Waals surface area contributed by atoms with Gasteiger partial charge in [-0.1, -0.05) is 46.0 Å². The lowest BCUT2D eigenvalue weighted by Crippen LogP contribution is -2.47. The number of halogens is 4. The van der Waals surface area contributed by atoms with Crippen LogP contribution in [0.3, 0.4) is 0 Å². The molecule has 0 aliphatic carbocycles. The molecule has 1 aromatic carbocycles. The second kappa shape index (κ2) is 30.6. The van der Waals surface area contributed by atoms with E-state index in [2.05, 4.69) is 47.2 Å². The summed E-state index contributed by atoms with van der Waals surface area (Å²) >= 11 is 1.86. The van der Waals surface area contributed by atoms with Crippen molar-refractivity contribution in [3.63, 3.8) is 0 Å². The molecule has 25 heteroatoms. The van der Waals surface area contributed by atoms with E-state index < -0.39 is 64.3 Å². The van der Waals surface area contributed by atoms with E-state index in [1.807, 2.05) is 11.8 Å². The summed E-state index contributed by atoms with van der Waals surface area (Å²) in [6, 6.07) is -0.624. The summed E-state index contributed by atoms with van der Waals surface area (Å²) in [6.07, 6.45) is 7.82. The summed E-state index contributed by atoms with van der Waals surface area (Å²) in [5, 5.41) is 31.1. The second-order valence-corrected chi connectivity index (χ2v) is 19.3. The van der Waals surface area contributed by atoms with Gasteiger partial charge in [-0.15, -0.1) is 0 Å². The topological polar surface area (TPSA) is 273 Å². The SMILES string of the molecule is [N-]=[N+]=Nc1c(F)c(F)c(C(=O)NCCCCCC(=O)N[C@@H](CCCCNC(=O)CCCCCNC(=O)CCCC[C@@H]2SC[C@@H]3NC(=O)N[C@@H]32)C(=O)NCCSSCCC(=O)O)c(F)c1F. The van der Waals surface area contributed by atoms with Gasteiger partial charge in [0.25, 0.3) is 5.91 Å². The highest BCUT2D eigenvalue weighted by Gasteiger charge is 2.42. The summed E-state index contributed by atoms with van der Waals surface area (Å²) in [6.45, 7) is 1.03. The van der Waals surface area contributed by atoms with E-state index in [4.69, 9.17) is 10.6 Å². The third-order valence-corrected chi connectivity index (χ3v) is 14.2. The predicted molar refractivity (Wildman–Crippen MR) is 240 cm³/mol. The number of thioether (sulfide) groups is 1. The molecule has 18 nitrogen and oxygen atoms in total. The Kier molecular flexibility index (Phi) is 25.7. The van der Waals surface area contributed by atoms with Gasteiger partial charge in [0.1, 0.15) is 17.3 Å². The molecule has 3 rings (SSSR count). The Hall–Kier alpha value is -4.61. The summed E-state index contributed by atoms with van der Waals surface area (Å²) < 4.78 is 56.6. The van der Waals surface area contributed by atoms with Crippen LogP contribution in [0.5, 0.6) is 0 Å². The number of urea groups is 1. The van der Waals surface area contributed by atoms with Crippen molar-refractivity contribution in [3.05, 3.63) is 39.3 Å². The largest absolute Gasteiger partial charge is 0.481 e. The third-order valence-electron chi connectivity index (χ3n) is 10.3. The Balaban J connectivity index is 1.28. The van der Waals surface area contributed by atoms with Gasteiger partial charge in [0.2, 0.25) is 23.6 Å². The van der Waals surface area contributed by atoms with Gasteiger partial charge >= 0.3 is 12.0 Å². The quantitative estimate of drug-likeness (QED) is 0.00626. The average molecular weight is 979 g/mol.